The quantitative estimate of drug-likeness (QED) is 0.392. The number of hydrogen-bond acceptors (Lipinski definition) is 4. The molecule has 0 heterocycles. The van der Waals surface area contributed by atoms with Crippen LogP contribution in [0.25, 0.3) is 0 Å². The molecule has 4 N–H and O–H groups in total. The molecule has 2 fully saturated rings. The van der Waals surface area contributed by atoms with E-state index in [1.807, 2.05) is 0 Å². The van der Waals surface area contributed by atoms with Crippen molar-refractivity contribution in [3.63, 3.8) is 0 Å². The molecule has 0 atom stereocenters. The molecule has 0 radical (unpaired) electrons. The standard InChI is InChI=1S/C18H26Cl2N2O2/c19-13-15(21-11-7-3-1-4-8-11)17(23)14(20)16(18(13)24)22-12-9-5-2-6-10-12/h11-12,21-24H,1-10H2. The Balaban J connectivity index is 1.83. The van der Waals surface area contributed by atoms with Crippen LogP contribution in [0.4, 0.5) is 11.4 Å². The lowest BCUT2D eigenvalue weighted by Crippen LogP contribution is -2.24. The van der Waals surface area contributed by atoms with Crippen LogP contribution in [0.5, 0.6) is 11.5 Å². The number of benzene rings is 1. The van der Waals surface area contributed by atoms with Gasteiger partial charge < -0.3 is 20.8 Å². The van der Waals surface area contributed by atoms with Crippen LogP contribution in [-0.2, 0) is 0 Å². The third kappa shape index (κ3) is 3.80. The van der Waals surface area contributed by atoms with Crippen molar-refractivity contribution in [2.24, 2.45) is 0 Å². The highest BCUT2D eigenvalue weighted by atomic mass is 35.5. The van der Waals surface area contributed by atoms with E-state index in [1.165, 1.54) is 12.8 Å². The molecular weight excluding hydrogens is 347 g/mol. The molecule has 0 aliphatic heterocycles. The van der Waals surface area contributed by atoms with Gasteiger partial charge in [0.1, 0.15) is 21.4 Å². The topological polar surface area (TPSA) is 64.5 Å². The van der Waals surface area contributed by atoms with Gasteiger partial charge in [-0.05, 0) is 25.7 Å². The number of hydrogen-bond donors (Lipinski definition) is 4. The second-order valence-electron chi connectivity index (χ2n) is 7.03. The molecule has 0 aromatic heterocycles. The summed E-state index contributed by atoms with van der Waals surface area (Å²) in [5.74, 6) is -0.160. The van der Waals surface area contributed by atoms with E-state index in [9.17, 15) is 10.2 Å². The molecule has 1 aromatic carbocycles. The molecule has 4 nitrogen and oxygen atoms in total. The van der Waals surface area contributed by atoms with E-state index in [0.29, 0.717) is 11.4 Å². The van der Waals surface area contributed by atoms with Crippen LogP contribution in [0.1, 0.15) is 64.2 Å². The molecule has 134 valence electrons. The number of anilines is 2. The Labute approximate surface area is 153 Å². The van der Waals surface area contributed by atoms with Crippen LogP contribution in [0.2, 0.25) is 10.0 Å². The molecule has 2 aliphatic carbocycles. The summed E-state index contributed by atoms with van der Waals surface area (Å²) in [6, 6.07) is 0.518. The van der Waals surface area contributed by atoms with Gasteiger partial charge in [0, 0.05) is 12.1 Å². The highest BCUT2D eigenvalue weighted by molar-refractivity contribution is 6.40. The van der Waals surface area contributed by atoms with E-state index in [4.69, 9.17) is 23.2 Å². The zero-order valence-electron chi connectivity index (χ0n) is 13.9. The summed E-state index contributed by atoms with van der Waals surface area (Å²) in [5, 5.41) is 27.9. The van der Waals surface area contributed by atoms with Gasteiger partial charge in [-0.25, -0.2) is 0 Å². The minimum Gasteiger partial charge on any atom is -0.504 e. The Morgan fingerprint density at radius 1 is 0.625 bits per heavy atom. The van der Waals surface area contributed by atoms with Crippen molar-refractivity contribution in [1.82, 2.24) is 0 Å². The van der Waals surface area contributed by atoms with Crippen LogP contribution >= 0.6 is 23.2 Å². The van der Waals surface area contributed by atoms with Crippen LogP contribution in [-0.4, -0.2) is 22.3 Å². The lowest BCUT2D eigenvalue weighted by Gasteiger charge is -2.28. The Hall–Kier alpha value is -1.00. The third-order valence-electron chi connectivity index (χ3n) is 5.24. The van der Waals surface area contributed by atoms with Gasteiger partial charge in [0.2, 0.25) is 0 Å². The summed E-state index contributed by atoms with van der Waals surface area (Å²) in [5.41, 5.74) is 0.695. The van der Waals surface area contributed by atoms with E-state index in [1.54, 1.807) is 0 Å². The molecule has 3 rings (SSSR count). The minimum absolute atomic E-state index is 0.0802. The Kier molecular flexibility index (Phi) is 5.88. The predicted octanol–water partition coefficient (Wildman–Crippen LogP) is 5.89. The summed E-state index contributed by atoms with van der Waals surface area (Å²) in [4.78, 5) is 0. The van der Waals surface area contributed by atoms with Gasteiger partial charge in [0.25, 0.3) is 0 Å². The van der Waals surface area contributed by atoms with Crippen LogP contribution in [0.15, 0.2) is 0 Å². The lowest BCUT2D eigenvalue weighted by atomic mass is 9.95. The number of rotatable bonds is 4. The van der Waals surface area contributed by atoms with Gasteiger partial charge in [0.15, 0.2) is 11.5 Å². The van der Waals surface area contributed by atoms with Gasteiger partial charge in [-0.3, -0.25) is 0 Å². The smallest absolute Gasteiger partial charge is 0.161 e. The van der Waals surface area contributed by atoms with E-state index in [-0.39, 0.29) is 33.6 Å². The Bertz CT molecular complexity index is 503. The number of phenols is 2. The second kappa shape index (κ2) is 7.92. The normalized spacial score (nSPS) is 20.1. The van der Waals surface area contributed by atoms with Crippen LogP contribution in [0, 0.1) is 0 Å². The molecule has 1 aromatic rings. The summed E-state index contributed by atoms with van der Waals surface area (Å²) in [6.45, 7) is 0. The van der Waals surface area contributed by atoms with Crippen molar-refractivity contribution in [2.45, 2.75) is 76.3 Å². The molecule has 0 saturated heterocycles. The van der Waals surface area contributed by atoms with E-state index in [0.717, 1.165) is 51.4 Å². The van der Waals surface area contributed by atoms with E-state index in [2.05, 4.69) is 10.6 Å². The predicted molar refractivity (Wildman–Crippen MR) is 101 cm³/mol. The third-order valence-corrected chi connectivity index (χ3v) is 5.97. The second-order valence-corrected chi connectivity index (χ2v) is 7.79. The SMILES string of the molecule is Oc1c(Cl)c(NC2CCCCC2)c(O)c(Cl)c1NC1CCCCC1. The minimum atomic E-state index is -0.0802. The van der Waals surface area contributed by atoms with Crippen LogP contribution in [0.3, 0.4) is 0 Å². The van der Waals surface area contributed by atoms with Crippen molar-refractivity contribution >= 4 is 34.6 Å². The zero-order chi connectivity index (χ0) is 17.1. The van der Waals surface area contributed by atoms with Crippen molar-refractivity contribution in [2.75, 3.05) is 10.6 Å². The molecule has 6 heteroatoms. The van der Waals surface area contributed by atoms with Crippen molar-refractivity contribution in [3.05, 3.63) is 10.0 Å². The fourth-order valence-electron chi connectivity index (χ4n) is 3.83. The maximum atomic E-state index is 10.5. The fraction of sp³-hybridized carbons (Fsp3) is 0.667. The van der Waals surface area contributed by atoms with Crippen molar-refractivity contribution < 1.29 is 10.2 Å². The van der Waals surface area contributed by atoms with Crippen molar-refractivity contribution in [3.8, 4) is 11.5 Å². The Morgan fingerprint density at radius 3 is 1.29 bits per heavy atom. The number of halogens is 2. The molecular formula is C18H26Cl2N2O2. The fourth-order valence-corrected chi connectivity index (χ4v) is 4.31. The largest absolute Gasteiger partial charge is 0.504 e. The van der Waals surface area contributed by atoms with Gasteiger partial charge in [-0.15, -0.1) is 0 Å². The first-order valence-electron chi connectivity index (χ1n) is 9.04. The highest BCUT2D eigenvalue weighted by Gasteiger charge is 2.26. The molecule has 0 unspecified atom stereocenters. The first-order valence-corrected chi connectivity index (χ1v) is 9.79. The molecule has 2 aliphatic rings. The monoisotopic (exact) mass is 372 g/mol. The van der Waals surface area contributed by atoms with Crippen LogP contribution < -0.4 is 10.6 Å². The average molecular weight is 373 g/mol. The highest BCUT2D eigenvalue weighted by Crippen LogP contribution is 2.51. The lowest BCUT2D eigenvalue weighted by molar-refractivity contribution is 0.444. The van der Waals surface area contributed by atoms with Gasteiger partial charge in [0.05, 0.1) is 0 Å². The van der Waals surface area contributed by atoms with Gasteiger partial charge >= 0.3 is 0 Å². The number of phenolic OH excluding ortho intramolecular Hbond substituents is 2. The van der Waals surface area contributed by atoms with E-state index >= 15 is 0 Å². The van der Waals surface area contributed by atoms with Gasteiger partial charge in [-0.1, -0.05) is 61.7 Å². The molecule has 2 saturated carbocycles. The zero-order valence-corrected chi connectivity index (χ0v) is 15.4. The summed E-state index contributed by atoms with van der Waals surface area (Å²) in [6.07, 6.45) is 11.3. The molecule has 24 heavy (non-hydrogen) atoms. The maximum Gasteiger partial charge on any atom is 0.161 e. The average Bonchev–Trinajstić information content (AvgIpc) is 2.62. The number of nitrogens with one attached hydrogen (secondary N) is 2. The van der Waals surface area contributed by atoms with Gasteiger partial charge in [-0.2, -0.15) is 0 Å². The first-order chi connectivity index (χ1) is 11.6. The molecule has 0 spiro atoms. The maximum absolute atomic E-state index is 10.5. The molecule has 0 bridgehead atoms. The Morgan fingerprint density at radius 2 is 0.958 bits per heavy atom. The molecule has 0 amide bonds. The van der Waals surface area contributed by atoms with Crippen molar-refractivity contribution in [1.29, 1.82) is 0 Å². The summed E-state index contributed by atoms with van der Waals surface area (Å²) >= 11 is 12.7. The van der Waals surface area contributed by atoms with E-state index < -0.39 is 0 Å². The first kappa shape index (κ1) is 17.8. The number of aromatic hydroxyl groups is 2. The summed E-state index contributed by atoms with van der Waals surface area (Å²) in [7, 11) is 0. The summed E-state index contributed by atoms with van der Waals surface area (Å²) < 4.78 is 0.